The van der Waals surface area contributed by atoms with Gasteiger partial charge in [-0.2, -0.15) is 0 Å². The van der Waals surface area contributed by atoms with Crippen LogP contribution in [0.15, 0.2) is 18.2 Å². The van der Waals surface area contributed by atoms with Gasteiger partial charge in [0.05, 0.1) is 11.0 Å². The zero-order valence-electron chi connectivity index (χ0n) is 9.77. The molecule has 2 atom stereocenters. The van der Waals surface area contributed by atoms with Crippen LogP contribution in [0, 0.1) is 11.6 Å². The summed E-state index contributed by atoms with van der Waals surface area (Å²) in [6, 6.07) is 2.49. The highest BCUT2D eigenvalue weighted by Crippen LogP contribution is 2.29. The van der Waals surface area contributed by atoms with Gasteiger partial charge in [0, 0.05) is 6.04 Å². The molecule has 2 N–H and O–H groups in total. The van der Waals surface area contributed by atoms with Crippen molar-refractivity contribution in [3.8, 4) is 0 Å². The standard InChI is InChI=1S/C12H15F2NO2S/c13-9-5-4-8(7-10(9)14)12(15)11-3-1-2-6-18(11,16)17/h4-5,7,11-12H,1-3,6,15H2. The molecule has 1 aliphatic heterocycles. The van der Waals surface area contributed by atoms with Crippen LogP contribution in [0.2, 0.25) is 0 Å². The SMILES string of the molecule is NC(c1ccc(F)c(F)c1)C1CCCCS1(=O)=O. The Bertz CT molecular complexity index is 545. The second-order valence-corrected chi connectivity index (χ2v) is 6.94. The quantitative estimate of drug-likeness (QED) is 0.897. The van der Waals surface area contributed by atoms with Gasteiger partial charge in [0.1, 0.15) is 0 Å². The first kappa shape index (κ1) is 13.4. The summed E-state index contributed by atoms with van der Waals surface area (Å²) in [5.41, 5.74) is 6.22. The Hall–Kier alpha value is -1.01. The summed E-state index contributed by atoms with van der Waals surface area (Å²) in [4.78, 5) is 0. The lowest BCUT2D eigenvalue weighted by Gasteiger charge is -2.27. The molecule has 1 saturated heterocycles. The average Bonchev–Trinajstić information content (AvgIpc) is 2.31. The van der Waals surface area contributed by atoms with E-state index in [4.69, 9.17) is 5.73 Å². The second-order valence-electron chi connectivity index (χ2n) is 4.60. The fourth-order valence-corrected chi connectivity index (χ4v) is 4.36. The zero-order valence-corrected chi connectivity index (χ0v) is 10.6. The van der Waals surface area contributed by atoms with Crippen molar-refractivity contribution in [1.82, 2.24) is 0 Å². The van der Waals surface area contributed by atoms with Crippen LogP contribution >= 0.6 is 0 Å². The van der Waals surface area contributed by atoms with Crippen LogP contribution in [-0.2, 0) is 9.84 Å². The second kappa shape index (κ2) is 4.93. The number of rotatable bonds is 2. The summed E-state index contributed by atoms with van der Waals surface area (Å²) in [6.45, 7) is 0. The molecule has 0 amide bonds. The molecule has 0 spiro atoms. The molecule has 1 aromatic carbocycles. The summed E-state index contributed by atoms with van der Waals surface area (Å²) in [5, 5.41) is -0.698. The van der Waals surface area contributed by atoms with Crippen LogP contribution in [-0.4, -0.2) is 19.4 Å². The van der Waals surface area contributed by atoms with Crippen LogP contribution in [0.25, 0.3) is 0 Å². The van der Waals surface area contributed by atoms with Crippen LogP contribution in [0.5, 0.6) is 0 Å². The third kappa shape index (κ3) is 2.54. The van der Waals surface area contributed by atoms with E-state index in [-0.39, 0.29) is 5.75 Å². The maximum atomic E-state index is 13.1. The van der Waals surface area contributed by atoms with Crippen molar-refractivity contribution >= 4 is 9.84 Å². The van der Waals surface area contributed by atoms with Crippen LogP contribution in [0.3, 0.4) is 0 Å². The highest BCUT2D eigenvalue weighted by molar-refractivity contribution is 7.92. The molecule has 18 heavy (non-hydrogen) atoms. The molecule has 0 aliphatic carbocycles. The molecule has 1 aromatic rings. The van der Waals surface area contributed by atoms with E-state index >= 15 is 0 Å². The van der Waals surface area contributed by atoms with Crippen LogP contribution in [0.4, 0.5) is 8.78 Å². The fourth-order valence-electron chi connectivity index (χ4n) is 2.32. The molecule has 0 saturated carbocycles. The molecule has 100 valence electrons. The van der Waals surface area contributed by atoms with Gasteiger partial charge in [0.15, 0.2) is 21.5 Å². The summed E-state index contributed by atoms with van der Waals surface area (Å²) < 4.78 is 49.7. The van der Waals surface area contributed by atoms with Crippen molar-refractivity contribution in [2.24, 2.45) is 5.73 Å². The summed E-state index contributed by atoms with van der Waals surface area (Å²) in [7, 11) is -3.24. The number of sulfone groups is 1. The smallest absolute Gasteiger partial charge is 0.159 e. The Morgan fingerprint density at radius 3 is 2.56 bits per heavy atom. The minimum absolute atomic E-state index is 0.120. The van der Waals surface area contributed by atoms with Gasteiger partial charge in [-0.1, -0.05) is 12.5 Å². The van der Waals surface area contributed by atoms with Crippen molar-refractivity contribution in [2.45, 2.75) is 30.6 Å². The van der Waals surface area contributed by atoms with E-state index in [9.17, 15) is 17.2 Å². The number of benzene rings is 1. The first-order valence-corrected chi connectivity index (χ1v) is 7.55. The van der Waals surface area contributed by atoms with Crippen molar-refractivity contribution in [3.05, 3.63) is 35.4 Å². The molecule has 2 unspecified atom stereocenters. The average molecular weight is 275 g/mol. The van der Waals surface area contributed by atoms with E-state index in [1.165, 1.54) is 6.07 Å². The van der Waals surface area contributed by atoms with E-state index in [0.717, 1.165) is 18.6 Å². The van der Waals surface area contributed by atoms with E-state index in [1.807, 2.05) is 0 Å². The lowest BCUT2D eigenvalue weighted by Crippen LogP contribution is -2.37. The van der Waals surface area contributed by atoms with E-state index in [2.05, 4.69) is 0 Å². The molecular formula is C12H15F2NO2S. The Labute approximate surface area is 105 Å². The number of hydrogen-bond donors (Lipinski definition) is 1. The molecule has 6 heteroatoms. The minimum atomic E-state index is -3.24. The Morgan fingerprint density at radius 1 is 1.22 bits per heavy atom. The molecule has 1 heterocycles. The molecule has 1 aliphatic rings. The van der Waals surface area contributed by atoms with Crippen molar-refractivity contribution in [3.63, 3.8) is 0 Å². The maximum absolute atomic E-state index is 13.1. The highest BCUT2D eigenvalue weighted by atomic mass is 32.2. The first-order valence-electron chi connectivity index (χ1n) is 5.84. The highest BCUT2D eigenvalue weighted by Gasteiger charge is 2.34. The fraction of sp³-hybridized carbons (Fsp3) is 0.500. The lowest BCUT2D eigenvalue weighted by atomic mass is 10.0. The van der Waals surface area contributed by atoms with Gasteiger partial charge in [-0.25, -0.2) is 17.2 Å². The molecular weight excluding hydrogens is 260 g/mol. The predicted molar refractivity (Wildman–Crippen MR) is 64.7 cm³/mol. The largest absolute Gasteiger partial charge is 0.323 e. The molecule has 2 rings (SSSR count). The number of hydrogen-bond acceptors (Lipinski definition) is 3. The van der Waals surface area contributed by atoms with Gasteiger partial charge in [0.2, 0.25) is 0 Å². The Balaban J connectivity index is 2.30. The zero-order chi connectivity index (χ0) is 13.3. The van der Waals surface area contributed by atoms with Gasteiger partial charge in [-0.15, -0.1) is 0 Å². The monoisotopic (exact) mass is 275 g/mol. The molecule has 0 aromatic heterocycles. The Kier molecular flexibility index (Phi) is 3.68. The first-order chi connectivity index (χ1) is 8.42. The van der Waals surface area contributed by atoms with Gasteiger partial charge in [-0.05, 0) is 30.5 Å². The van der Waals surface area contributed by atoms with Crippen LogP contribution < -0.4 is 5.73 Å². The van der Waals surface area contributed by atoms with Crippen molar-refractivity contribution in [1.29, 1.82) is 0 Å². The normalized spacial score (nSPS) is 24.7. The Morgan fingerprint density at radius 2 is 1.94 bits per heavy atom. The maximum Gasteiger partial charge on any atom is 0.159 e. The minimum Gasteiger partial charge on any atom is -0.323 e. The van der Waals surface area contributed by atoms with Gasteiger partial charge < -0.3 is 5.73 Å². The van der Waals surface area contributed by atoms with Crippen LogP contribution in [0.1, 0.15) is 30.9 Å². The summed E-state index contributed by atoms with van der Waals surface area (Å²) >= 11 is 0. The van der Waals surface area contributed by atoms with E-state index in [0.29, 0.717) is 18.4 Å². The predicted octanol–water partition coefficient (Wildman–Crippen LogP) is 1.93. The van der Waals surface area contributed by atoms with Gasteiger partial charge in [0.25, 0.3) is 0 Å². The van der Waals surface area contributed by atoms with E-state index in [1.54, 1.807) is 0 Å². The summed E-state index contributed by atoms with van der Waals surface area (Å²) in [6.07, 6.45) is 1.91. The van der Waals surface area contributed by atoms with Crippen molar-refractivity contribution in [2.75, 3.05) is 5.75 Å². The van der Waals surface area contributed by atoms with E-state index < -0.39 is 32.8 Å². The summed E-state index contributed by atoms with van der Waals surface area (Å²) in [5.74, 6) is -1.84. The van der Waals surface area contributed by atoms with Gasteiger partial charge in [-0.3, -0.25) is 0 Å². The van der Waals surface area contributed by atoms with Crippen molar-refractivity contribution < 1.29 is 17.2 Å². The topological polar surface area (TPSA) is 60.2 Å². The third-order valence-electron chi connectivity index (χ3n) is 3.36. The molecule has 1 fully saturated rings. The van der Waals surface area contributed by atoms with Gasteiger partial charge >= 0.3 is 0 Å². The lowest BCUT2D eigenvalue weighted by molar-refractivity contribution is 0.491. The number of halogens is 2. The molecule has 3 nitrogen and oxygen atoms in total. The number of nitrogens with two attached hydrogens (primary N) is 1. The molecule has 0 radical (unpaired) electrons. The molecule has 0 bridgehead atoms. The third-order valence-corrected chi connectivity index (χ3v) is 5.67.